The number of carbonyl (C=O) groups excluding carboxylic acids is 1. The van der Waals surface area contributed by atoms with Crippen molar-refractivity contribution in [2.75, 3.05) is 19.5 Å². The fourth-order valence-corrected chi connectivity index (χ4v) is 2.93. The number of oxime groups is 1. The maximum absolute atomic E-state index is 12.4. The summed E-state index contributed by atoms with van der Waals surface area (Å²) in [6.07, 6.45) is 0. The van der Waals surface area contributed by atoms with Gasteiger partial charge in [0.1, 0.15) is 17.1 Å². The van der Waals surface area contributed by atoms with Crippen LogP contribution in [0.4, 0.5) is 5.69 Å². The molecule has 0 bridgehead atoms. The van der Waals surface area contributed by atoms with Gasteiger partial charge in [0.2, 0.25) is 5.60 Å². The van der Waals surface area contributed by atoms with Crippen molar-refractivity contribution in [3.63, 3.8) is 0 Å². The second kappa shape index (κ2) is 11.1. The normalized spacial score (nSPS) is 13.0. The summed E-state index contributed by atoms with van der Waals surface area (Å²) in [6, 6.07) is 10.9. The average Bonchev–Trinajstić information content (AvgIpc) is 2.79. The van der Waals surface area contributed by atoms with Crippen LogP contribution in [0.1, 0.15) is 58.7 Å². The van der Waals surface area contributed by atoms with Crippen LogP contribution in [0.5, 0.6) is 11.5 Å². The van der Waals surface area contributed by atoms with Gasteiger partial charge in [-0.3, -0.25) is 0 Å². The maximum Gasteiger partial charge on any atom is 0.353 e. The van der Waals surface area contributed by atoms with E-state index in [0.717, 1.165) is 0 Å². The van der Waals surface area contributed by atoms with Gasteiger partial charge in [-0.1, -0.05) is 17.3 Å². The molecule has 9 heteroatoms. The molecule has 0 saturated carbocycles. The Morgan fingerprint density at radius 3 is 2.06 bits per heavy atom. The van der Waals surface area contributed by atoms with E-state index in [2.05, 4.69) is 10.5 Å². The number of aliphatic carboxylic acids is 1. The smallest absolute Gasteiger partial charge is 0.353 e. The molecule has 1 unspecified atom stereocenters. The third kappa shape index (κ3) is 7.91. The van der Waals surface area contributed by atoms with E-state index < -0.39 is 29.2 Å². The number of carbonyl (C=O) groups is 2. The molecule has 2 N–H and O–H groups in total. The highest BCUT2D eigenvalue weighted by Crippen LogP contribution is 2.27. The molecule has 0 aliphatic carbocycles. The van der Waals surface area contributed by atoms with E-state index in [1.807, 2.05) is 0 Å². The summed E-state index contributed by atoms with van der Waals surface area (Å²) in [5, 5.41) is 17.0. The molecule has 2 aromatic rings. The van der Waals surface area contributed by atoms with Crippen LogP contribution in [-0.2, 0) is 19.2 Å². The highest BCUT2D eigenvalue weighted by molar-refractivity contribution is 5.99. The number of nitrogens with one attached hydrogen (secondary N) is 1. The van der Waals surface area contributed by atoms with Crippen molar-refractivity contribution in [3.05, 3.63) is 53.6 Å². The van der Waals surface area contributed by atoms with Gasteiger partial charge < -0.3 is 29.5 Å². The first-order chi connectivity index (χ1) is 16.3. The first-order valence-corrected chi connectivity index (χ1v) is 11.0. The molecule has 1 atom stereocenters. The number of rotatable bonds is 10. The maximum atomic E-state index is 12.4. The number of hydrogen-bond donors (Lipinski definition) is 2. The lowest BCUT2D eigenvalue weighted by molar-refractivity contribution is -0.179. The zero-order valence-electron chi connectivity index (χ0n) is 21.5. The number of hydrogen-bond acceptors (Lipinski definition) is 8. The van der Waals surface area contributed by atoms with Gasteiger partial charge in [-0.05, 0) is 71.4 Å². The minimum absolute atomic E-state index is 0.458. The predicted octanol–water partition coefficient (Wildman–Crippen LogP) is 4.80. The summed E-state index contributed by atoms with van der Waals surface area (Å²) in [5.74, 6) is -0.474. The monoisotopic (exact) mass is 486 g/mol. The molecule has 0 fully saturated rings. The van der Waals surface area contributed by atoms with E-state index in [-0.39, 0.29) is 0 Å². The molecule has 0 spiro atoms. The lowest BCUT2D eigenvalue weighted by Crippen LogP contribution is -2.40. The van der Waals surface area contributed by atoms with Crippen LogP contribution >= 0.6 is 0 Å². The molecular formula is C26H34N2O7. The SMILES string of the molecule is COc1ccc(C(Nc2cc(OC)cc(C(C)=NOC(C)(C)C(=O)OC(C)(C)C)c2)C(=O)O)cc1. The number of carboxylic acids is 1. The molecule has 0 aromatic heterocycles. The van der Waals surface area contributed by atoms with Crippen molar-refractivity contribution < 1.29 is 33.7 Å². The molecule has 190 valence electrons. The Labute approximate surface area is 206 Å². The Hall–Kier alpha value is -3.75. The van der Waals surface area contributed by atoms with E-state index in [9.17, 15) is 14.7 Å². The number of carboxylic acid groups (broad SMARTS) is 1. The molecule has 0 amide bonds. The minimum Gasteiger partial charge on any atom is -0.497 e. The minimum atomic E-state index is -1.31. The van der Waals surface area contributed by atoms with Crippen LogP contribution in [0.2, 0.25) is 0 Å². The second-order valence-corrected chi connectivity index (χ2v) is 9.42. The molecular weight excluding hydrogens is 452 g/mol. The summed E-state index contributed by atoms with van der Waals surface area (Å²) in [6.45, 7) is 10.2. The van der Waals surface area contributed by atoms with E-state index in [1.54, 1.807) is 91.1 Å². The molecule has 0 aliphatic rings. The topological polar surface area (TPSA) is 116 Å². The van der Waals surface area contributed by atoms with Crippen LogP contribution in [0.15, 0.2) is 47.6 Å². The van der Waals surface area contributed by atoms with Gasteiger partial charge in [0.05, 0.1) is 19.9 Å². The summed E-state index contributed by atoms with van der Waals surface area (Å²) >= 11 is 0. The van der Waals surface area contributed by atoms with Gasteiger partial charge in [0, 0.05) is 17.3 Å². The number of benzene rings is 2. The van der Waals surface area contributed by atoms with E-state index >= 15 is 0 Å². The second-order valence-electron chi connectivity index (χ2n) is 9.42. The Balaban J connectivity index is 2.30. The largest absolute Gasteiger partial charge is 0.497 e. The zero-order valence-corrected chi connectivity index (χ0v) is 21.5. The molecule has 0 aliphatic heterocycles. The van der Waals surface area contributed by atoms with Crippen LogP contribution in [0, 0.1) is 0 Å². The van der Waals surface area contributed by atoms with Crippen LogP contribution in [0.3, 0.4) is 0 Å². The molecule has 9 nitrogen and oxygen atoms in total. The van der Waals surface area contributed by atoms with Gasteiger partial charge in [-0.2, -0.15) is 0 Å². The number of methoxy groups -OCH3 is 2. The summed E-state index contributed by atoms with van der Waals surface area (Å²) in [7, 11) is 3.05. The van der Waals surface area contributed by atoms with E-state index in [0.29, 0.717) is 34.0 Å². The van der Waals surface area contributed by atoms with Crippen LogP contribution in [0.25, 0.3) is 0 Å². The Morgan fingerprint density at radius 2 is 1.54 bits per heavy atom. The standard InChI is InChI=1S/C26H34N2O7/c1-16(28-35-26(5,6)24(31)34-25(2,3)4)18-13-19(15-21(14-18)33-8)27-22(23(29)30)17-9-11-20(32-7)12-10-17/h9-15,22,27H,1-8H3,(H,29,30). The van der Waals surface area contributed by atoms with Gasteiger partial charge in [-0.25, -0.2) is 9.59 Å². The molecule has 0 saturated heterocycles. The highest BCUT2D eigenvalue weighted by Gasteiger charge is 2.35. The first-order valence-electron chi connectivity index (χ1n) is 11.0. The third-order valence-corrected chi connectivity index (χ3v) is 4.87. The van der Waals surface area contributed by atoms with Crippen molar-refractivity contribution in [2.45, 2.75) is 58.8 Å². The highest BCUT2D eigenvalue weighted by atomic mass is 16.7. The zero-order chi connectivity index (χ0) is 26.4. The fraction of sp³-hybridized carbons (Fsp3) is 0.423. The summed E-state index contributed by atoms with van der Waals surface area (Å²) < 4.78 is 15.9. The lowest BCUT2D eigenvalue weighted by atomic mass is 10.1. The molecule has 0 radical (unpaired) electrons. The van der Waals surface area contributed by atoms with Gasteiger partial charge in [0.25, 0.3) is 0 Å². The fourth-order valence-electron chi connectivity index (χ4n) is 2.93. The van der Waals surface area contributed by atoms with Crippen molar-refractivity contribution in [1.29, 1.82) is 0 Å². The van der Waals surface area contributed by atoms with E-state index in [1.165, 1.54) is 7.11 Å². The number of esters is 1. The quantitative estimate of drug-likeness (QED) is 0.279. The Kier molecular flexibility index (Phi) is 8.73. The average molecular weight is 487 g/mol. The number of nitrogens with zero attached hydrogens (tertiary/aromatic N) is 1. The van der Waals surface area contributed by atoms with Crippen molar-refractivity contribution >= 4 is 23.3 Å². The molecule has 2 rings (SSSR count). The summed E-state index contributed by atoms with van der Waals surface area (Å²) in [4.78, 5) is 30.0. The van der Waals surface area contributed by atoms with Crippen LogP contribution in [-0.4, -0.2) is 48.2 Å². The first kappa shape index (κ1) is 27.5. The van der Waals surface area contributed by atoms with Crippen molar-refractivity contribution in [3.8, 4) is 11.5 Å². The number of anilines is 1. The van der Waals surface area contributed by atoms with Crippen molar-refractivity contribution in [2.24, 2.45) is 5.16 Å². The number of ether oxygens (including phenoxy) is 3. The predicted molar refractivity (Wildman–Crippen MR) is 133 cm³/mol. The molecule has 35 heavy (non-hydrogen) atoms. The van der Waals surface area contributed by atoms with E-state index in [4.69, 9.17) is 19.0 Å². The van der Waals surface area contributed by atoms with Crippen molar-refractivity contribution in [1.82, 2.24) is 0 Å². The van der Waals surface area contributed by atoms with Gasteiger partial charge in [-0.15, -0.1) is 0 Å². The molecule has 2 aromatic carbocycles. The summed E-state index contributed by atoms with van der Waals surface area (Å²) in [5.41, 5.74) is 0.163. The lowest BCUT2D eigenvalue weighted by Gasteiger charge is -2.26. The Bertz CT molecular complexity index is 1070. The van der Waals surface area contributed by atoms with Gasteiger partial charge in [0.15, 0.2) is 6.04 Å². The van der Waals surface area contributed by atoms with Crippen LogP contribution < -0.4 is 14.8 Å². The third-order valence-electron chi connectivity index (χ3n) is 4.87. The Morgan fingerprint density at radius 1 is 0.943 bits per heavy atom. The molecule has 0 heterocycles. The van der Waals surface area contributed by atoms with Gasteiger partial charge >= 0.3 is 11.9 Å².